The van der Waals surface area contributed by atoms with E-state index in [2.05, 4.69) is 10.4 Å². The van der Waals surface area contributed by atoms with Gasteiger partial charge in [-0.25, -0.2) is 4.57 Å². The Morgan fingerprint density at radius 1 is 1.20 bits per heavy atom. The molecule has 0 bridgehead atoms. The summed E-state index contributed by atoms with van der Waals surface area (Å²) in [5.41, 5.74) is 0.0924. The van der Waals surface area contributed by atoms with E-state index in [1.807, 2.05) is 0 Å². The van der Waals surface area contributed by atoms with E-state index in [-0.39, 0.29) is 23.8 Å². The Bertz CT molecular complexity index is 646. The molecule has 0 fully saturated rings. The fourth-order valence-corrected chi connectivity index (χ4v) is 4.21. The first-order chi connectivity index (χ1) is 11.5. The Kier molecular flexibility index (Phi) is 9.29. The Morgan fingerprint density at radius 2 is 1.76 bits per heavy atom. The highest BCUT2D eigenvalue weighted by atomic mass is 35.6. The lowest BCUT2D eigenvalue weighted by Gasteiger charge is -2.29. The monoisotopic (exact) mass is 470 g/mol. The molecule has 0 aliphatic heterocycles. The molecule has 1 aromatic carbocycles. The van der Waals surface area contributed by atoms with Crippen molar-refractivity contribution in [3.63, 3.8) is 0 Å². The van der Waals surface area contributed by atoms with E-state index in [1.165, 1.54) is 18.2 Å². The second kappa shape index (κ2) is 9.98. The van der Waals surface area contributed by atoms with Gasteiger partial charge in [0.25, 0.3) is 5.91 Å². The molecular weight excluding hydrogens is 456 g/mol. The first kappa shape index (κ1) is 23.3. The van der Waals surface area contributed by atoms with E-state index >= 15 is 0 Å². The predicted octanol–water partition coefficient (Wildman–Crippen LogP) is 5.19. The number of carbonyl (C=O) groups excluding carboxylic acids is 1. The molecule has 0 aliphatic carbocycles. The summed E-state index contributed by atoms with van der Waals surface area (Å²) in [4.78, 5) is 12.4. The normalized spacial score (nSPS) is 13.6. The first-order valence-corrected chi connectivity index (χ1v) is 10.4. The average molecular weight is 473 g/mol. The second-order valence-corrected chi connectivity index (χ2v) is 9.52. The first-order valence-electron chi connectivity index (χ1n) is 7.02. The Labute approximate surface area is 171 Å². The van der Waals surface area contributed by atoms with Gasteiger partial charge in [0, 0.05) is 5.02 Å². The number of amides is 1. The maximum absolute atomic E-state index is 12.6. The fraction of sp³-hybridized carbons (Fsp3) is 0.462. The zero-order valence-electron chi connectivity index (χ0n) is 13.2. The molecule has 142 valence electrons. The van der Waals surface area contributed by atoms with Gasteiger partial charge in [-0.1, -0.05) is 58.0 Å². The molecule has 0 saturated heterocycles. The maximum Gasteiger partial charge on any atom is 0.407 e. The fourth-order valence-electron chi connectivity index (χ4n) is 1.68. The zero-order chi connectivity index (χ0) is 19.3. The van der Waals surface area contributed by atoms with Crippen molar-refractivity contribution < 1.29 is 18.4 Å². The largest absolute Gasteiger partial charge is 0.407 e. The summed E-state index contributed by atoms with van der Waals surface area (Å²) in [6.07, 6.45) is -1.39. The summed E-state index contributed by atoms with van der Waals surface area (Å²) in [6, 6.07) is 4.27. The smallest absolute Gasteiger partial charge is 0.332 e. The minimum Gasteiger partial charge on any atom is -0.332 e. The van der Waals surface area contributed by atoms with E-state index in [0.29, 0.717) is 5.02 Å². The summed E-state index contributed by atoms with van der Waals surface area (Å²) in [7, 11) is -3.81. The van der Waals surface area contributed by atoms with Crippen molar-refractivity contribution in [3.05, 3.63) is 33.8 Å². The number of benzene rings is 1. The molecule has 25 heavy (non-hydrogen) atoms. The van der Waals surface area contributed by atoms with Crippen LogP contribution in [-0.4, -0.2) is 29.1 Å². The van der Waals surface area contributed by atoms with Crippen molar-refractivity contribution in [2.75, 3.05) is 13.2 Å². The van der Waals surface area contributed by atoms with Crippen molar-refractivity contribution in [2.24, 2.45) is 0 Å². The van der Waals surface area contributed by atoms with Crippen molar-refractivity contribution in [1.29, 1.82) is 0 Å². The van der Waals surface area contributed by atoms with Crippen molar-refractivity contribution in [1.82, 2.24) is 10.4 Å². The maximum atomic E-state index is 12.6. The van der Waals surface area contributed by atoms with Gasteiger partial charge in [0.05, 0.1) is 23.8 Å². The highest BCUT2D eigenvalue weighted by Crippen LogP contribution is 2.46. The van der Waals surface area contributed by atoms with Crippen molar-refractivity contribution in [2.45, 2.75) is 23.8 Å². The van der Waals surface area contributed by atoms with E-state index in [0.717, 1.165) is 0 Å². The third kappa shape index (κ3) is 7.41. The highest BCUT2D eigenvalue weighted by Gasteiger charge is 2.40. The average Bonchev–Trinajstić information content (AvgIpc) is 2.45. The van der Waals surface area contributed by atoms with E-state index < -0.39 is 23.6 Å². The summed E-state index contributed by atoms with van der Waals surface area (Å²) in [6.45, 7) is 3.38. The molecule has 1 unspecified atom stereocenters. The quantitative estimate of drug-likeness (QED) is 0.309. The number of hydrogen-bond acceptors (Lipinski definition) is 4. The van der Waals surface area contributed by atoms with Crippen LogP contribution in [0.3, 0.4) is 0 Å². The molecular formula is C13H16Cl5N2O4P. The van der Waals surface area contributed by atoms with Crippen LogP contribution in [0.5, 0.6) is 0 Å². The number of alkyl halides is 3. The summed E-state index contributed by atoms with van der Waals surface area (Å²) in [5, 5.41) is 5.28. The van der Waals surface area contributed by atoms with Gasteiger partial charge in [0.2, 0.25) is 3.79 Å². The van der Waals surface area contributed by atoms with Crippen LogP contribution >= 0.6 is 65.8 Å². The van der Waals surface area contributed by atoms with Gasteiger partial charge in [0.15, 0.2) is 0 Å². The van der Waals surface area contributed by atoms with Gasteiger partial charge in [-0.15, -0.1) is 0 Å². The van der Waals surface area contributed by atoms with E-state index in [9.17, 15) is 9.36 Å². The van der Waals surface area contributed by atoms with Crippen LogP contribution < -0.4 is 10.4 Å². The van der Waals surface area contributed by atoms with Gasteiger partial charge in [-0.2, -0.15) is 5.09 Å². The molecule has 2 N–H and O–H groups in total. The van der Waals surface area contributed by atoms with Crippen LogP contribution in [0.1, 0.15) is 24.2 Å². The predicted molar refractivity (Wildman–Crippen MR) is 102 cm³/mol. The number of carbonyl (C=O) groups is 1. The molecule has 0 radical (unpaired) electrons. The van der Waals surface area contributed by atoms with Gasteiger partial charge in [-0.3, -0.25) is 13.8 Å². The standard InChI is InChI=1S/C13H16Cl5N2O4P/c1-3-23-25(22,24-4-2)20-12(13(16,17)18)19-11(21)9-6-5-8(14)7-10(9)15/h5-7,12H,3-4H2,1-2H3,(H,19,21)(H,20,22). The van der Waals surface area contributed by atoms with E-state index in [4.69, 9.17) is 67.1 Å². The van der Waals surface area contributed by atoms with Gasteiger partial charge in [0.1, 0.15) is 6.17 Å². The molecule has 0 heterocycles. The molecule has 12 heteroatoms. The molecule has 1 amide bonds. The Balaban J connectivity index is 3.04. The second-order valence-electron chi connectivity index (χ2n) is 4.53. The summed E-state index contributed by atoms with van der Waals surface area (Å²) in [5.74, 6) is -0.676. The number of halogens is 5. The molecule has 0 spiro atoms. The molecule has 0 saturated carbocycles. The minimum atomic E-state index is -3.81. The Morgan fingerprint density at radius 3 is 2.20 bits per heavy atom. The van der Waals surface area contributed by atoms with Crippen LogP contribution in [0.25, 0.3) is 0 Å². The SMILES string of the molecule is CCOP(=O)(NC(NC(=O)c1ccc(Cl)cc1Cl)C(Cl)(Cl)Cl)OCC. The summed E-state index contributed by atoms with van der Waals surface area (Å²) >= 11 is 29.4. The van der Waals surface area contributed by atoms with Gasteiger partial charge >= 0.3 is 7.75 Å². The Hall–Kier alpha value is 0.250. The topological polar surface area (TPSA) is 76.7 Å². The number of rotatable bonds is 8. The van der Waals surface area contributed by atoms with E-state index in [1.54, 1.807) is 13.8 Å². The summed E-state index contributed by atoms with van der Waals surface area (Å²) < 4.78 is 20.7. The molecule has 1 rings (SSSR count). The zero-order valence-corrected chi connectivity index (χ0v) is 17.9. The van der Waals surface area contributed by atoms with Gasteiger partial charge in [-0.05, 0) is 32.0 Å². The minimum absolute atomic E-state index is 0.0772. The van der Waals surface area contributed by atoms with Crippen LogP contribution in [0, 0.1) is 0 Å². The lowest BCUT2D eigenvalue weighted by molar-refractivity contribution is 0.0932. The van der Waals surface area contributed by atoms with Crippen LogP contribution in [0.15, 0.2) is 18.2 Å². The molecule has 6 nitrogen and oxygen atoms in total. The molecule has 0 aliphatic rings. The lowest BCUT2D eigenvalue weighted by atomic mass is 10.2. The molecule has 0 aromatic heterocycles. The molecule has 1 atom stereocenters. The van der Waals surface area contributed by atoms with Crippen LogP contribution in [0.4, 0.5) is 0 Å². The van der Waals surface area contributed by atoms with Gasteiger partial charge < -0.3 is 5.32 Å². The number of hydrogen-bond donors (Lipinski definition) is 2. The third-order valence-corrected chi connectivity index (χ3v) is 5.64. The lowest BCUT2D eigenvalue weighted by Crippen LogP contribution is -2.52. The van der Waals surface area contributed by atoms with Crippen molar-refractivity contribution in [3.8, 4) is 0 Å². The van der Waals surface area contributed by atoms with Crippen molar-refractivity contribution >= 4 is 71.7 Å². The number of nitrogens with one attached hydrogen (secondary N) is 2. The van der Waals surface area contributed by atoms with Crippen LogP contribution in [0.2, 0.25) is 10.0 Å². The van der Waals surface area contributed by atoms with Crippen LogP contribution in [-0.2, 0) is 13.6 Å². The third-order valence-electron chi connectivity index (χ3n) is 2.66. The highest BCUT2D eigenvalue weighted by molar-refractivity contribution is 7.51. The molecule has 1 aromatic rings.